The van der Waals surface area contributed by atoms with E-state index in [1.54, 1.807) is 6.92 Å². The molecule has 0 fully saturated rings. The van der Waals surface area contributed by atoms with Gasteiger partial charge in [-0.05, 0) is 13.3 Å². The molecule has 13 heavy (non-hydrogen) atoms. The molecule has 0 aliphatic rings. The van der Waals surface area contributed by atoms with Crippen molar-refractivity contribution in [2.45, 2.75) is 32.8 Å². The lowest BCUT2D eigenvalue weighted by molar-refractivity contribution is 0.0607. The van der Waals surface area contributed by atoms with Crippen molar-refractivity contribution < 1.29 is 17.3 Å². The zero-order chi connectivity index (χ0) is 10.3. The van der Waals surface area contributed by atoms with Crippen LogP contribution < -0.4 is 0 Å². The second-order valence-corrected chi connectivity index (χ2v) is 4.64. The lowest BCUT2D eigenvalue weighted by Gasteiger charge is -2.10. The van der Waals surface area contributed by atoms with Gasteiger partial charge in [0.05, 0.1) is 19.0 Å². The first-order valence-corrected chi connectivity index (χ1v) is 6.23. The largest absolute Gasteiger partial charge is 0.379 e. The van der Waals surface area contributed by atoms with Crippen LogP contribution in [0.2, 0.25) is 0 Å². The number of unbranched alkanes of at least 4 members (excludes halogenated alkanes) is 1. The van der Waals surface area contributed by atoms with Crippen LogP contribution in [0.5, 0.6) is 0 Å². The lowest BCUT2D eigenvalue weighted by Crippen LogP contribution is -2.19. The van der Waals surface area contributed by atoms with Gasteiger partial charge in [0.2, 0.25) is 0 Å². The number of ether oxygens (including phenoxy) is 1. The Morgan fingerprint density at radius 1 is 1.38 bits per heavy atom. The minimum absolute atomic E-state index is 0.326. The van der Waals surface area contributed by atoms with E-state index in [-0.39, 0.29) is 0 Å². The van der Waals surface area contributed by atoms with E-state index in [1.165, 1.54) is 0 Å². The van der Waals surface area contributed by atoms with E-state index in [1.807, 2.05) is 0 Å². The van der Waals surface area contributed by atoms with Gasteiger partial charge in [-0.1, -0.05) is 13.3 Å². The van der Waals surface area contributed by atoms with Crippen LogP contribution in [0.25, 0.3) is 0 Å². The summed E-state index contributed by atoms with van der Waals surface area (Å²) in [6.45, 7) is 4.73. The fourth-order valence-corrected chi connectivity index (χ4v) is 1.47. The topological polar surface area (TPSA) is 52.6 Å². The summed E-state index contributed by atoms with van der Waals surface area (Å²) in [5.41, 5.74) is 0. The van der Waals surface area contributed by atoms with Crippen molar-refractivity contribution >= 4 is 10.1 Å². The molecule has 0 rings (SSSR count). The summed E-state index contributed by atoms with van der Waals surface area (Å²) in [5, 5.41) is 0. The van der Waals surface area contributed by atoms with E-state index in [0.717, 1.165) is 19.1 Å². The van der Waals surface area contributed by atoms with Crippen LogP contribution in [0.1, 0.15) is 26.7 Å². The Kier molecular flexibility index (Phi) is 6.28. The van der Waals surface area contributed by atoms with Crippen LogP contribution >= 0.6 is 0 Å². The third-order valence-corrected chi connectivity index (χ3v) is 2.01. The molecule has 0 aromatic rings. The Bertz CT molecular complexity index is 210. The highest BCUT2D eigenvalue weighted by Gasteiger charge is 2.09. The van der Waals surface area contributed by atoms with Gasteiger partial charge < -0.3 is 4.74 Å². The van der Waals surface area contributed by atoms with Crippen LogP contribution in [-0.4, -0.2) is 34.0 Å². The summed E-state index contributed by atoms with van der Waals surface area (Å²) in [4.78, 5) is 0. The highest BCUT2D eigenvalue weighted by atomic mass is 32.2. The molecule has 1 atom stereocenters. The van der Waals surface area contributed by atoms with Crippen molar-refractivity contribution in [2.24, 2.45) is 0 Å². The molecule has 0 heterocycles. The van der Waals surface area contributed by atoms with E-state index in [4.69, 9.17) is 4.74 Å². The number of hydrogen-bond acceptors (Lipinski definition) is 4. The van der Waals surface area contributed by atoms with Gasteiger partial charge in [0, 0.05) is 6.61 Å². The highest BCUT2D eigenvalue weighted by Crippen LogP contribution is 1.98. The molecule has 0 radical (unpaired) electrons. The Hall–Kier alpha value is -0.130. The van der Waals surface area contributed by atoms with Gasteiger partial charge in [-0.3, -0.25) is 4.18 Å². The Labute approximate surface area is 80.4 Å². The van der Waals surface area contributed by atoms with Crippen molar-refractivity contribution in [1.29, 1.82) is 0 Å². The maximum absolute atomic E-state index is 10.7. The molecule has 0 aliphatic carbocycles. The van der Waals surface area contributed by atoms with Gasteiger partial charge in [0.25, 0.3) is 10.1 Å². The summed E-state index contributed by atoms with van der Waals surface area (Å²) in [6, 6.07) is 0. The maximum Gasteiger partial charge on any atom is 0.264 e. The lowest BCUT2D eigenvalue weighted by atomic mass is 10.4. The predicted molar refractivity (Wildman–Crippen MR) is 51.1 cm³/mol. The third kappa shape index (κ3) is 9.79. The highest BCUT2D eigenvalue weighted by molar-refractivity contribution is 7.86. The second kappa shape index (κ2) is 6.34. The molecule has 0 aromatic heterocycles. The molecule has 0 amide bonds. The summed E-state index contributed by atoms with van der Waals surface area (Å²) in [6.07, 6.45) is 2.70. The molecule has 4 nitrogen and oxygen atoms in total. The quantitative estimate of drug-likeness (QED) is 0.467. The van der Waals surface area contributed by atoms with Gasteiger partial charge in [0.1, 0.15) is 0 Å². The average molecular weight is 210 g/mol. The summed E-state index contributed by atoms with van der Waals surface area (Å²) < 4.78 is 31.2. The molecular weight excluding hydrogens is 192 g/mol. The minimum atomic E-state index is -3.35. The third-order valence-electron chi connectivity index (χ3n) is 1.33. The van der Waals surface area contributed by atoms with Crippen molar-refractivity contribution in [2.75, 3.05) is 19.5 Å². The standard InChI is InChI=1S/C8H18O4S/c1-4-5-6-11-7-8(2)12-13(3,9)10/h8H,4-7H2,1-3H3. The van der Waals surface area contributed by atoms with E-state index in [0.29, 0.717) is 13.2 Å². The zero-order valence-corrected chi connectivity index (χ0v) is 9.26. The molecule has 0 N–H and O–H groups in total. The van der Waals surface area contributed by atoms with Crippen LogP contribution in [0.3, 0.4) is 0 Å². The molecule has 0 spiro atoms. The average Bonchev–Trinajstić information content (AvgIpc) is 1.94. The summed E-state index contributed by atoms with van der Waals surface area (Å²) in [7, 11) is -3.35. The van der Waals surface area contributed by atoms with E-state index < -0.39 is 16.2 Å². The molecule has 0 saturated heterocycles. The van der Waals surface area contributed by atoms with E-state index in [9.17, 15) is 8.42 Å². The van der Waals surface area contributed by atoms with Crippen LogP contribution in [0.15, 0.2) is 0 Å². The summed E-state index contributed by atoms with van der Waals surface area (Å²) >= 11 is 0. The van der Waals surface area contributed by atoms with Gasteiger partial charge in [0.15, 0.2) is 0 Å². The Morgan fingerprint density at radius 3 is 2.46 bits per heavy atom. The molecule has 5 heteroatoms. The fourth-order valence-electron chi connectivity index (χ4n) is 0.822. The first-order chi connectivity index (χ1) is 5.95. The van der Waals surface area contributed by atoms with Gasteiger partial charge in [-0.25, -0.2) is 0 Å². The molecule has 1 unspecified atom stereocenters. The molecule has 80 valence electrons. The second-order valence-electron chi connectivity index (χ2n) is 3.04. The Balaban J connectivity index is 3.47. The van der Waals surface area contributed by atoms with E-state index in [2.05, 4.69) is 11.1 Å². The Morgan fingerprint density at radius 2 is 2.00 bits per heavy atom. The van der Waals surface area contributed by atoms with Crippen LogP contribution in [-0.2, 0) is 19.0 Å². The van der Waals surface area contributed by atoms with E-state index >= 15 is 0 Å². The van der Waals surface area contributed by atoms with Crippen molar-refractivity contribution in [1.82, 2.24) is 0 Å². The van der Waals surface area contributed by atoms with Crippen molar-refractivity contribution in [3.8, 4) is 0 Å². The van der Waals surface area contributed by atoms with Crippen LogP contribution in [0, 0.1) is 0 Å². The van der Waals surface area contributed by atoms with Crippen molar-refractivity contribution in [3.05, 3.63) is 0 Å². The summed E-state index contributed by atoms with van der Waals surface area (Å²) in [5.74, 6) is 0. The van der Waals surface area contributed by atoms with Crippen LogP contribution in [0.4, 0.5) is 0 Å². The smallest absolute Gasteiger partial charge is 0.264 e. The normalized spacial score (nSPS) is 14.4. The minimum Gasteiger partial charge on any atom is -0.379 e. The zero-order valence-electron chi connectivity index (χ0n) is 8.45. The first kappa shape index (κ1) is 12.9. The monoisotopic (exact) mass is 210 g/mol. The van der Waals surface area contributed by atoms with Gasteiger partial charge in [-0.2, -0.15) is 8.42 Å². The fraction of sp³-hybridized carbons (Fsp3) is 1.00. The van der Waals surface area contributed by atoms with Gasteiger partial charge >= 0.3 is 0 Å². The predicted octanol–water partition coefficient (Wildman–Crippen LogP) is 1.17. The molecule has 0 saturated carbocycles. The van der Waals surface area contributed by atoms with Crippen molar-refractivity contribution in [3.63, 3.8) is 0 Å². The molecule has 0 aliphatic heterocycles. The molecule has 0 bridgehead atoms. The van der Waals surface area contributed by atoms with Gasteiger partial charge in [-0.15, -0.1) is 0 Å². The number of hydrogen-bond donors (Lipinski definition) is 0. The first-order valence-electron chi connectivity index (χ1n) is 4.41. The molecule has 0 aromatic carbocycles. The maximum atomic E-state index is 10.7. The number of rotatable bonds is 7. The SMILES string of the molecule is CCCCOCC(C)OS(C)(=O)=O. The molecular formula is C8H18O4S.